The fourth-order valence-corrected chi connectivity index (χ4v) is 2.69. The van der Waals surface area contributed by atoms with E-state index in [-0.39, 0.29) is 0 Å². The molecule has 0 saturated heterocycles. The molecule has 0 bridgehead atoms. The van der Waals surface area contributed by atoms with Crippen molar-refractivity contribution in [1.82, 2.24) is 15.2 Å². The van der Waals surface area contributed by atoms with E-state index in [9.17, 15) is 4.39 Å². The summed E-state index contributed by atoms with van der Waals surface area (Å²) in [5.41, 5.74) is 12.9. The van der Waals surface area contributed by atoms with Crippen LogP contribution in [0.5, 0.6) is 0 Å². The third-order valence-corrected chi connectivity index (χ3v) is 4.45. The number of nitrogens with two attached hydrogens (primary N) is 2. The summed E-state index contributed by atoms with van der Waals surface area (Å²) >= 11 is 1.39. The van der Waals surface area contributed by atoms with E-state index >= 15 is 0 Å². The van der Waals surface area contributed by atoms with Crippen LogP contribution in [0.15, 0.2) is 73.9 Å². The number of hydrogen-bond donors (Lipinski definition) is 2. The molecule has 0 aliphatic heterocycles. The van der Waals surface area contributed by atoms with Crippen molar-refractivity contribution in [1.29, 1.82) is 0 Å². The zero-order valence-electron chi connectivity index (χ0n) is 18.7. The minimum Gasteiger partial charge on any atom is -0.374 e. The summed E-state index contributed by atoms with van der Waals surface area (Å²) in [6.07, 6.45) is 10.2. The maximum Gasteiger partial charge on any atom is 0.203 e. The standard InChI is InChI=1S/C11H8N4S.C7H13N.C4H7F.C2H6/c12-11-15-14-10(16-11)8-1-2-9-6-13-4-3-7(9)5-8;1-3-7(2)5-4-6-8;1-2-3-4-5;1-2/h1-6H,(H2,12,15);3H,1-2,4-6,8H2;3-4H,2H2,1H3;1-2H3/b;;4-3+;. The molecule has 2 heterocycles. The van der Waals surface area contributed by atoms with Crippen molar-refractivity contribution in [3.8, 4) is 10.6 Å². The number of benzene rings is 1. The number of hydrogen-bond acceptors (Lipinski definition) is 6. The van der Waals surface area contributed by atoms with Gasteiger partial charge in [-0.15, -0.1) is 10.2 Å². The molecule has 4 N–H and O–H groups in total. The van der Waals surface area contributed by atoms with Crippen LogP contribution in [0.4, 0.5) is 9.52 Å². The summed E-state index contributed by atoms with van der Waals surface area (Å²) < 4.78 is 10.8. The van der Waals surface area contributed by atoms with Crippen molar-refractivity contribution < 1.29 is 4.39 Å². The van der Waals surface area contributed by atoms with Gasteiger partial charge in [0.05, 0.1) is 6.33 Å². The maximum atomic E-state index is 10.8. The Balaban J connectivity index is 0.000000508. The quantitative estimate of drug-likeness (QED) is 0.413. The van der Waals surface area contributed by atoms with Crippen molar-refractivity contribution in [2.75, 3.05) is 12.3 Å². The predicted octanol–water partition coefficient (Wildman–Crippen LogP) is 6.71. The van der Waals surface area contributed by atoms with E-state index in [2.05, 4.69) is 34.4 Å². The summed E-state index contributed by atoms with van der Waals surface area (Å²) in [7, 11) is 0. The van der Waals surface area contributed by atoms with Gasteiger partial charge < -0.3 is 11.5 Å². The van der Waals surface area contributed by atoms with Crippen LogP contribution in [0.1, 0.15) is 40.0 Å². The molecule has 3 aromatic rings. The molecule has 0 aliphatic carbocycles. The Kier molecular flexibility index (Phi) is 16.2. The van der Waals surface area contributed by atoms with E-state index in [1.54, 1.807) is 12.3 Å². The van der Waals surface area contributed by atoms with Gasteiger partial charge in [-0.25, -0.2) is 4.39 Å². The van der Waals surface area contributed by atoms with Gasteiger partial charge in [-0.3, -0.25) is 4.98 Å². The van der Waals surface area contributed by atoms with Gasteiger partial charge in [-0.1, -0.05) is 75.1 Å². The van der Waals surface area contributed by atoms with Gasteiger partial charge in [0.2, 0.25) is 5.13 Å². The number of aromatic nitrogens is 3. The molecular formula is C24H34FN5S. The van der Waals surface area contributed by atoms with Gasteiger partial charge in [-0.2, -0.15) is 0 Å². The van der Waals surface area contributed by atoms with Gasteiger partial charge >= 0.3 is 0 Å². The van der Waals surface area contributed by atoms with E-state index in [1.165, 1.54) is 17.4 Å². The van der Waals surface area contributed by atoms with Crippen molar-refractivity contribution in [2.24, 2.45) is 5.73 Å². The molecule has 0 saturated carbocycles. The smallest absolute Gasteiger partial charge is 0.203 e. The molecule has 2 aromatic heterocycles. The van der Waals surface area contributed by atoms with Crippen LogP contribution in [-0.2, 0) is 0 Å². The minimum atomic E-state index is 0.491. The Hall–Kier alpha value is -2.90. The lowest BCUT2D eigenvalue weighted by Gasteiger charge is -1.99. The summed E-state index contributed by atoms with van der Waals surface area (Å²) in [5, 5.41) is 11.4. The Bertz CT molecular complexity index is 921. The molecule has 0 fully saturated rings. The predicted molar refractivity (Wildman–Crippen MR) is 135 cm³/mol. The van der Waals surface area contributed by atoms with Gasteiger partial charge in [-0.05, 0) is 43.3 Å². The molecule has 1 aromatic carbocycles. The molecule has 0 atom stereocenters. The van der Waals surface area contributed by atoms with E-state index in [1.807, 2.05) is 45.2 Å². The number of rotatable bonds is 6. The van der Waals surface area contributed by atoms with E-state index in [0.717, 1.165) is 52.7 Å². The van der Waals surface area contributed by atoms with Crippen LogP contribution < -0.4 is 11.5 Å². The first-order chi connectivity index (χ1) is 15.0. The lowest BCUT2D eigenvalue weighted by Crippen LogP contribution is -1.97. The average Bonchev–Trinajstić information content (AvgIpc) is 3.26. The summed E-state index contributed by atoms with van der Waals surface area (Å²) in [5.74, 6) is 0. The molecule has 3 rings (SSSR count). The highest BCUT2D eigenvalue weighted by atomic mass is 32.1. The number of halogens is 1. The largest absolute Gasteiger partial charge is 0.374 e. The van der Waals surface area contributed by atoms with Crippen LogP contribution >= 0.6 is 11.3 Å². The molecule has 31 heavy (non-hydrogen) atoms. The fourth-order valence-electron chi connectivity index (χ4n) is 2.09. The molecule has 168 valence electrons. The number of anilines is 1. The van der Waals surface area contributed by atoms with Gasteiger partial charge in [0.15, 0.2) is 0 Å². The maximum absolute atomic E-state index is 10.8. The van der Waals surface area contributed by atoms with Crippen molar-refractivity contribution in [3.05, 3.63) is 73.9 Å². The zero-order valence-corrected chi connectivity index (χ0v) is 19.5. The topological polar surface area (TPSA) is 90.7 Å². The van der Waals surface area contributed by atoms with Crippen molar-refractivity contribution >= 4 is 27.2 Å². The second kappa shape index (κ2) is 17.9. The number of fused-ring (bicyclic) bond motifs is 1. The van der Waals surface area contributed by atoms with E-state index in [0.29, 0.717) is 11.5 Å². The van der Waals surface area contributed by atoms with E-state index in [4.69, 9.17) is 11.5 Å². The highest BCUT2D eigenvalue weighted by Crippen LogP contribution is 2.27. The monoisotopic (exact) mass is 443 g/mol. The van der Waals surface area contributed by atoms with Crippen LogP contribution in [0.2, 0.25) is 0 Å². The molecule has 0 aliphatic rings. The van der Waals surface area contributed by atoms with Gasteiger partial charge in [0.1, 0.15) is 5.01 Å². The van der Waals surface area contributed by atoms with Crippen LogP contribution in [0.25, 0.3) is 21.3 Å². The van der Waals surface area contributed by atoms with Gasteiger partial charge in [0, 0.05) is 23.3 Å². The van der Waals surface area contributed by atoms with Crippen molar-refractivity contribution in [2.45, 2.75) is 40.0 Å². The Morgan fingerprint density at radius 2 is 1.94 bits per heavy atom. The Morgan fingerprint density at radius 3 is 2.45 bits per heavy atom. The molecule has 0 radical (unpaired) electrons. The first-order valence-corrected chi connectivity index (χ1v) is 11.1. The van der Waals surface area contributed by atoms with Crippen molar-refractivity contribution in [3.63, 3.8) is 0 Å². The lowest BCUT2D eigenvalue weighted by atomic mass is 10.1. The third kappa shape index (κ3) is 11.8. The average molecular weight is 444 g/mol. The Labute approximate surface area is 189 Å². The van der Waals surface area contributed by atoms with Gasteiger partial charge in [0.25, 0.3) is 0 Å². The van der Waals surface area contributed by atoms with E-state index < -0.39 is 0 Å². The molecular weight excluding hydrogens is 409 g/mol. The number of pyridine rings is 1. The second-order valence-electron chi connectivity index (χ2n) is 5.91. The first-order valence-electron chi connectivity index (χ1n) is 10.2. The summed E-state index contributed by atoms with van der Waals surface area (Å²) in [4.78, 5) is 4.07. The molecule has 0 spiro atoms. The van der Waals surface area contributed by atoms with Crippen LogP contribution in [-0.4, -0.2) is 21.7 Å². The van der Waals surface area contributed by atoms with Crippen LogP contribution in [0.3, 0.4) is 0 Å². The Morgan fingerprint density at radius 1 is 1.19 bits per heavy atom. The number of nitrogens with zero attached hydrogens (tertiary/aromatic N) is 3. The SMILES string of the molecule is C=CC(=C)CCCN.CC.CC/C=C/F.Nc1nnc(-c2ccc3cnccc3c2)s1. The molecule has 0 unspecified atom stereocenters. The minimum absolute atomic E-state index is 0.491. The molecule has 5 nitrogen and oxygen atoms in total. The highest BCUT2D eigenvalue weighted by Gasteiger charge is 2.04. The zero-order chi connectivity index (χ0) is 23.5. The summed E-state index contributed by atoms with van der Waals surface area (Å²) in [6.45, 7) is 13.9. The highest BCUT2D eigenvalue weighted by molar-refractivity contribution is 7.18. The number of allylic oxidation sites excluding steroid dienone is 3. The first kappa shape index (κ1) is 28.1. The second-order valence-corrected chi connectivity index (χ2v) is 6.92. The van der Waals surface area contributed by atoms with Crippen LogP contribution in [0, 0.1) is 0 Å². The normalized spacial score (nSPS) is 9.58. The molecule has 0 amide bonds. The fraction of sp³-hybridized carbons (Fsp3) is 0.292. The number of nitrogen functional groups attached to an aromatic ring is 1. The summed E-state index contributed by atoms with van der Waals surface area (Å²) in [6, 6.07) is 8.07. The third-order valence-electron chi connectivity index (χ3n) is 3.64. The molecule has 7 heteroatoms. The lowest BCUT2D eigenvalue weighted by molar-refractivity contribution is 0.715.